The summed E-state index contributed by atoms with van der Waals surface area (Å²) in [4.78, 5) is 24.3. The van der Waals surface area contributed by atoms with Crippen LogP contribution >= 0.6 is 0 Å². The molecule has 130 valence electrons. The number of aromatic nitrogens is 3. The topological polar surface area (TPSA) is 89.4 Å². The monoisotopic (exact) mass is 348 g/mol. The van der Waals surface area contributed by atoms with E-state index in [1.165, 1.54) is 9.08 Å². The van der Waals surface area contributed by atoms with Gasteiger partial charge in [-0.25, -0.2) is 9.48 Å². The zero-order chi connectivity index (χ0) is 18.1. The number of benzene rings is 1. The Morgan fingerprint density at radius 2 is 2.19 bits per heavy atom. The molecule has 0 radical (unpaired) electrons. The van der Waals surface area contributed by atoms with Crippen LogP contribution < -0.4 is 5.69 Å². The van der Waals surface area contributed by atoms with Gasteiger partial charge < -0.3 is 4.74 Å². The number of carbonyl (C=O) groups excluding carboxylic acids is 1. The summed E-state index contributed by atoms with van der Waals surface area (Å²) in [6.07, 6.45) is 2.37. The maximum absolute atomic E-state index is 12.2. The molecule has 1 fully saturated rings. The predicted octanol–water partition coefficient (Wildman–Crippen LogP) is 1.71. The maximum atomic E-state index is 12.2. The van der Waals surface area contributed by atoms with Gasteiger partial charge >= 0.3 is 11.7 Å². The van der Waals surface area contributed by atoms with Gasteiger partial charge in [0.2, 0.25) is 0 Å². The predicted molar refractivity (Wildman–Crippen MR) is 92.4 cm³/mol. The first kappa shape index (κ1) is 16.1. The van der Waals surface area contributed by atoms with Crippen LogP contribution in [0.3, 0.4) is 0 Å². The van der Waals surface area contributed by atoms with Crippen molar-refractivity contribution >= 4 is 11.6 Å². The van der Waals surface area contributed by atoms with Gasteiger partial charge in [0, 0.05) is 6.20 Å². The minimum atomic E-state index is -0.269. The van der Waals surface area contributed by atoms with Gasteiger partial charge in [-0.1, -0.05) is 18.2 Å². The fourth-order valence-corrected chi connectivity index (χ4v) is 3.12. The molecule has 26 heavy (non-hydrogen) atoms. The van der Waals surface area contributed by atoms with Crippen LogP contribution in [0.4, 0.5) is 0 Å². The fraction of sp³-hybridized carbons (Fsp3) is 0.263. The summed E-state index contributed by atoms with van der Waals surface area (Å²) in [7, 11) is 0. The molecule has 2 aromatic heterocycles. The molecule has 2 heterocycles. The number of rotatable bonds is 5. The number of nitrogens with zero attached hydrogens (tertiary/aromatic N) is 4. The van der Waals surface area contributed by atoms with E-state index in [9.17, 15) is 9.59 Å². The van der Waals surface area contributed by atoms with Crippen molar-refractivity contribution in [2.24, 2.45) is 5.92 Å². The van der Waals surface area contributed by atoms with E-state index in [0.29, 0.717) is 11.2 Å². The largest absolute Gasteiger partial charge is 0.463 e. The van der Waals surface area contributed by atoms with E-state index in [4.69, 9.17) is 10.00 Å². The molecule has 1 aliphatic rings. The molecule has 4 rings (SSSR count). The van der Waals surface area contributed by atoms with Crippen molar-refractivity contribution in [2.45, 2.75) is 18.9 Å². The van der Waals surface area contributed by atoms with Gasteiger partial charge in [-0.15, -0.1) is 5.10 Å². The molecule has 7 nitrogen and oxygen atoms in total. The van der Waals surface area contributed by atoms with Crippen molar-refractivity contribution in [1.82, 2.24) is 14.2 Å². The van der Waals surface area contributed by atoms with E-state index in [1.807, 2.05) is 18.2 Å². The van der Waals surface area contributed by atoms with Crippen LogP contribution in [-0.2, 0) is 16.1 Å². The number of hydrogen-bond donors (Lipinski definition) is 0. The molecule has 1 aliphatic carbocycles. The standard InChI is InChI=1S/C19H16N4O3/c20-12-13-4-3-5-14(10-13)15-11-16(15)18(24)26-9-8-23-19(25)22-7-2-1-6-17(22)21-23/h1-7,10,15-16H,8-9,11H2. The highest BCUT2D eigenvalue weighted by Gasteiger charge is 2.45. The molecule has 0 N–H and O–H groups in total. The minimum absolute atomic E-state index is 0.101. The lowest BCUT2D eigenvalue weighted by molar-refractivity contribution is -0.145. The minimum Gasteiger partial charge on any atom is -0.463 e. The Hall–Kier alpha value is -3.40. The van der Waals surface area contributed by atoms with Crippen LogP contribution in [-0.4, -0.2) is 26.8 Å². The van der Waals surface area contributed by atoms with Gasteiger partial charge in [-0.05, 0) is 42.2 Å². The Morgan fingerprint density at radius 1 is 1.31 bits per heavy atom. The summed E-state index contributed by atoms with van der Waals surface area (Å²) >= 11 is 0. The average Bonchev–Trinajstić information content (AvgIpc) is 3.42. The van der Waals surface area contributed by atoms with E-state index >= 15 is 0 Å². The smallest absolute Gasteiger partial charge is 0.350 e. The molecule has 0 amide bonds. The van der Waals surface area contributed by atoms with Crippen LogP contribution in [0.1, 0.15) is 23.5 Å². The number of esters is 1. The summed E-state index contributed by atoms with van der Waals surface area (Å²) in [5.41, 5.74) is 1.88. The third kappa shape index (κ3) is 2.97. The SMILES string of the molecule is N#Cc1cccc(C2CC2C(=O)OCCn2nc3ccccn3c2=O)c1. The van der Waals surface area contributed by atoms with Gasteiger partial charge in [-0.3, -0.25) is 9.20 Å². The Balaban J connectivity index is 1.34. The Kier molecular flexibility index (Phi) is 4.01. The van der Waals surface area contributed by atoms with Crippen LogP contribution in [0.25, 0.3) is 5.65 Å². The Bertz CT molecular complexity index is 1080. The third-order valence-electron chi connectivity index (χ3n) is 4.57. The molecular weight excluding hydrogens is 332 g/mol. The normalized spacial score (nSPS) is 18.4. The number of ether oxygens (including phenoxy) is 1. The summed E-state index contributed by atoms with van der Waals surface area (Å²) in [5, 5.41) is 13.2. The lowest BCUT2D eigenvalue weighted by atomic mass is 10.1. The van der Waals surface area contributed by atoms with Crippen LogP contribution in [0, 0.1) is 17.2 Å². The molecule has 7 heteroatoms. The lowest BCUT2D eigenvalue weighted by Crippen LogP contribution is -2.24. The van der Waals surface area contributed by atoms with Gasteiger partial charge in [-0.2, -0.15) is 5.26 Å². The zero-order valence-corrected chi connectivity index (χ0v) is 13.9. The van der Waals surface area contributed by atoms with Crippen molar-refractivity contribution in [3.63, 3.8) is 0 Å². The highest BCUT2D eigenvalue weighted by molar-refractivity contribution is 5.77. The Morgan fingerprint density at radius 3 is 3.00 bits per heavy atom. The van der Waals surface area contributed by atoms with E-state index in [-0.39, 0.29) is 36.6 Å². The van der Waals surface area contributed by atoms with E-state index in [2.05, 4.69) is 11.2 Å². The fourth-order valence-electron chi connectivity index (χ4n) is 3.12. The van der Waals surface area contributed by atoms with E-state index in [0.717, 1.165) is 12.0 Å². The van der Waals surface area contributed by atoms with Crippen LogP contribution in [0.2, 0.25) is 0 Å². The summed E-state index contributed by atoms with van der Waals surface area (Å²) in [5.74, 6) is -0.343. The van der Waals surface area contributed by atoms with Crippen molar-refractivity contribution in [2.75, 3.05) is 6.61 Å². The molecule has 1 saturated carbocycles. The third-order valence-corrected chi connectivity index (χ3v) is 4.57. The summed E-state index contributed by atoms with van der Waals surface area (Å²) in [6.45, 7) is 0.317. The molecule has 2 atom stereocenters. The number of nitriles is 1. The van der Waals surface area contributed by atoms with Gasteiger partial charge in [0.05, 0.1) is 24.1 Å². The van der Waals surface area contributed by atoms with Crippen molar-refractivity contribution in [3.05, 3.63) is 70.3 Å². The molecule has 0 spiro atoms. The van der Waals surface area contributed by atoms with Gasteiger partial charge in [0.15, 0.2) is 5.65 Å². The van der Waals surface area contributed by atoms with Crippen molar-refractivity contribution < 1.29 is 9.53 Å². The second kappa shape index (κ2) is 6.48. The number of hydrogen-bond acceptors (Lipinski definition) is 5. The Labute approximate surface area is 149 Å². The first-order valence-corrected chi connectivity index (χ1v) is 8.38. The molecular formula is C19H16N4O3. The summed E-state index contributed by atoms with van der Waals surface area (Å²) < 4.78 is 8.06. The molecule has 0 aliphatic heterocycles. The molecule has 0 saturated heterocycles. The zero-order valence-electron chi connectivity index (χ0n) is 13.9. The first-order valence-electron chi connectivity index (χ1n) is 8.38. The number of fused-ring (bicyclic) bond motifs is 1. The van der Waals surface area contributed by atoms with Crippen LogP contribution in [0.5, 0.6) is 0 Å². The maximum Gasteiger partial charge on any atom is 0.350 e. The van der Waals surface area contributed by atoms with E-state index in [1.54, 1.807) is 30.5 Å². The number of carbonyl (C=O) groups is 1. The highest BCUT2D eigenvalue weighted by Crippen LogP contribution is 2.48. The van der Waals surface area contributed by atoms with Crippen molar-refractivity contribution in [3.8, 4) is 6.07 Å². The summed E-state index contributed by atoms with van der Waals surface area (Å²) in [6, 6.07) is 14.7. The van der Waals surface area contributed by atoms with Gasteiger partial charge in [0.1, 0.15) is 6.61 Å². The molecule has 1 aromatic carbocycles. The van der Waals surface area contributed by atoms with E-state index < -0.39 is 0 Å². The average molecular weight is 348 g/mol. The molecule has 2 unspecified atom stereocenters. The quantitative estimate of drug-likeness (QED) is 0.655. The van der Waals surface area contributed by atoms with Crippen molar-refractivity contribution in [1.29, 1.82) is 5.26 Å². The van der Waals surface area contributed by atoms with Gasteiger partial charge in [0.25, 0.3) is 0 Å². The number of pyridine rings is 1. The first-order chi connectivity index (χ1) is 12.7. The lowest BCUT2D eigenvalue weighted by Gasteiger charge is -2.04. The second-order valence-electron chi connectivity index (χ2n) is 6.29. The molecule has 0 bridgehead atoms. The highest BCUT2D eigenvalue weighted by atomic mass is 16.5. The van der Waals surface area contributed by atoms with Crippen LogP contribution in [0.15, 0.2) is 53.5 Å². The second-order valence-corrected chi connectivity index (χ2v) is 6.29. The molecule has 3 aromatic rings.